The Kier molecular flexibility index (Phi) is 3.02. The maximum atomic E-state index is 13.4. The Morgan fingerprint density at radius 1 is 1.47 bits per heavy atom. The third-order valence-electron chi connectivity index (χ3n) is 2.61. The molecule has 1 aromatic heterocycles. The normalized spacial score (nSPS) is 18.2. The molecular weight excluding hydrogens is 219 g/mol. The number of anilines is 1. The van der Waals surface area contributed by atoms with Crippen molar-refractivity contribution in [2.75, 3.05) is 38.1 Å². The monoisotopic (exact) mass is 231 g/mol. The van der Waals surface area contributed by atoms with Gasteiger partial charge in [-0.25, -0.2) is 9.37 Å². The van der Waals surface area contributed by atoms with Gasteiger partial charge in [0.25, 0.3) is 0 Å². The number of piperazine rings is 1. The van der Waals surface area contributed by atoms with Crippen molar-refractivity contribution in [2.45, 2.75) is 0 Å². The lowest BCUT2D eigenvalue weighted by atomic mass is 10.3. The molecule has 0 saturated carbocycles. The predicted octanol–water partition coefficient (Wildman–Crippen LogP) is -0.396. The smallest absolute Gasteiger partial charge is 0.224 e. The SMILES string of the molecule is C[NH+]1CCN(c2nc(Cl)ncc2F)CC1. The van der Waals surface area contributed by atoms with E-state index in [-0.39, 0.29) is 5.28 Å². The van der Waals surface area contributed by atoms with E-state index >= 15 is 0 Å². The molecule has 0 atom stereocenters. The van der Waals surface area contributed by atoms with Crippen LogP contribution in [0.5, 0.6) is 0 Å². The van der Waals surface area contributed by atoms with Gasteiger partial charge in [0.05, 0.1) is 39.4 Å². The van der Waals surface area contributed by atoms with Gasteiger partial charge in [-0.1, -0.05) is 0 Å². The second-order valence-corrected chi connectivity index (χ2v) is 4.09. The predicted molar refractivity (Wildman–Crippen MR) is 55.8 cm³/mol. The minimum atomic E-state index is -0.404. The molecule has 0 amide bonds. The van der Waals surface area contributed by atoms with Gasteiger partial charge < -0.3 is 9.80 Å². The van der Waals surface area contributed by atoms with E-state index in [9.17, 15) is 4.39 Å². The summed E-state index contributed by atoms with van der Waals surface area (Å²) in [6, 6.07) is 0. The van der Waals surface area contributed by atoms with Gasteiger partial charge >= 0.3 is 0 Å². The van der Waals surface area contributed by atoms with Crippen molar-refractivity contribution < 1.29 is 9.29 Å². The van der Waals surface area contributed by atoms with Crippen LogP contribution in [0.15, 0.2) is 6.20 Å². The van der Waals surface area contributed by atoms with E-state index in [1.54, 1.807) is 0 Å². The van der Waals surface area contributed by atoms with Crippen molar-refractivity contribution in [1.29, 1.82) is 0 Å². The largest absolute Gasteiger partial charge is 0.343 e. The van der Waals surface area contributed by atoms with Gasteiger partial charge in [0.2, 0.25) is 5.28 Å². The first kappa shape index (κ1) is 10.6. The van der Waals surface area contributed by atoms with E-state index in [0.29, 0.717) is 5.82 Å². The number of rotatable bonds is 1. The Labute approximate surface area is 92.7 Å². The van der Waals surface area contributed by atoms with Crippen molar-refractivity contribution in [3.63, 3.8) is 0 Å². The highest BCUT2D eigenvalue weighted by atomic mass is 35.5. The Bertz CT molecular complexity index is 352. The van der Waals surface area contributed by atoms with Gasteiger partial charge in [-0.3, -0.25) is 0 Å². The van der Waals surface area contributed by atoms with Gasteiger partial charge in [0.1, 0.15) is 0 Å². The standard InChI is InChI=1S/C9H12ClFN4/c1-14-2-4-15(5-3-14)8-7(11)6-12-9(10)13-8/h6H,2-5H2,1H3/p+1. The van der Waals surface area contributed by atoms with Crippen molar-refractivity contribution in [3.05, 3.63) is 17.3 Å². The van der Waals surface area contributed by atoms with Crippen LogP contribution in [0.2, 0.25) is 5.28 Å². The fourth-order valence-electron chi connectivity index (χ4n) is 1.66. The van der Waals surface area contributed by atoms with Gasteiger partial charge in [0, 0.05) is 0 Å². The third kappa shape index (κ3) is 2.35. The zero-order valence-electron chi connectivity index (χ0n) is 8.50. The molecule has 0 unspecified atom stereocenters. The quantitative estimate of drug-likeness (QED) is 0.668. The van der Waals surface area contributed by atoms with Crippen LogP contribution < -0.4 is 9.80 Å². The summed E-state index contributed by atoms with van der Waals surface area (Å²) in [6.45, 7) is 3.58. The molecule has 0 radical (unpaired) electrons. The van der Waals surface area contributed by atoms with Crippen LogP contribution in [0.4, 0.5) is 10.2 Å². The molecule has 1 aliphatic heterocycles. The molecule has 2 heterocycles. The first-order chi connectivity index (χ1) is 7.16. The maximum absolute atomic E-state index is 13.4. The third-order valence-corrected chi connectivity index (χ3v) is 2.79. The topological polar surface area (TPSA) is 33.5 Å². The average molecular weight is 232 g/mol. The summed E-state index contributed by atoms with van der Waals surface area (Å²) in [6.07, 6.45) is 1.12. The van der Waals surface area contributed by atoms with Crippen molar-refractivity contribution in [2.24, 2.45) is 0 Å². The van der Waals surface area contributed by atoms with Crippen LogP contribution in [0.1, 0.15) is 0 Å². The number of nitrogens with one attached hydrogen (secondary N) is 1. The van der Waals surface area contributed by atoms with Crippen LogP contribution in [0, 0.1) is 5.82 Å². The number of aromatic nitrogens is 2. The molecule has 1 saturated heterocycles. The summed E-state index contributed by atoms with van der Waals surface area (Å²) in [4.78, 5) is 10.9. The first-order valence-corrected chi connectivity index (χ1v) is 5.29. The molecule has 0 aliphatic carbocycles. The lowest BCUT2D eigenvalue weighted by Gasteiger charge is -2.30. The second-order valence-electron chi connectivity index (χ2n) is 3.75. The fraction of sp³-hybridized carbons (Fsp3) is 0.556. The molecule has 1 aromatic rings. The van der Waals surface area contributed by atoms with Crippen molar-refractivity contribution in [1.82, 2.24) is 9.97 Å². The molecule has 15 heavy (non-hydrogen) atoms. The van der Waals surface area contributed by atoms with E-state index in [4.69, 9.17) is 11.6 Å². The van der Waals surface area contributed by atoms with Gasteiger partial charge in [0.15, 0.2) is 11.6 Å². The average Bonchev–Trinajstić information content (AvgIpc) is 2.23. The summed E-state index contributed by atoms with van der Waals surface area (Å²) in [7, 11) is 2.13. The lowest BCUT2D eigenvalue weighted by Crippen LogP contribution is -3.12. The zero-order chi connectivity index (χ0) is 10.8. The Hall–Kier alpha value is -0.940. The van der Waals surface area contributed by atoms with Crippen molar-refractivity contribution in [3.8, 4) is 0 Å². The van der Waals surface area contributed by atoms with Crippen LogP contribution >= 0.6 is 11.6 Å². The van der Waals surface area contributed by atoms with Crippen LogP contribution in [0.25, 0.3) is 0 Å². The van der Waals surface area contributed by atoms with Crippen LogP contribution in [-0.2, 0) is 0 Å². The number of hydrogen-bond donors (Lipinski definition) is 1. The number of quaternary nitrogens is 1. The molecule has 1 N–H and O–H groups in total. The summed E-state index contributed by atoms with van der Waals surface area (Å²) in [5.74, 6) is -0.0820. The highest BCUT2D eigenvalue weighted by Crippen LogP contribution is 2.16. The summed E-state index contributed by atoms with van der Waals surface area (Å²) < 4.78 is 13.4. The van der Waals surface area contributed by atoms with E-state index in [0.717, 1.165) is 32.4 Å². The number of nitrogens with zero attached hydrogens (tertiary/aromatic N) is 3. The molecule has 1 aliphatic rings. The van der Waals surface area contributed by atoms with Crippen LogP contribution in [-0.4, -0.2) is 43.2 Å². The van der Waals surface area contributed by atoms with Gasteiger partial charge in [-0.15, -0.1) is 0 Å². The summed E-state index contributed by atoms with van der Waals surface area (Å²) in [5.41, 5.74) is 0. The number of halogens is 2. The fourth-order valence-corrected chi connectivity index (χ4v) is 1.79. The van der Waals surface area contributed by atoms with E-state index in [1.807, 2.05) is 4.90 Å². The Morgan fingerprint density at radius 3 is 2.80 bits per heavy atom. The van der Waals surface area contributed by atoms with E-state index < -0.39 is 5.82 Å². The van der Waals surface area contributed by atoms with E-state index in [2.05, 4.69) is 17.0 Å². The number of likely N-dealkylation sites (N-methyl/N-ethyl adjacent to an activating group) is 1. The molecule has 6 heteroatoms. The molecule has 1 fully saturated rings. The summed E-state index contributed by atoms with van der Waals surface area (Å²) >= 11 is 5.64. The molecule has 0 spiro atoms. The van der Waals surface area contributed by atoms with Gasteiger partial charge in [-0.05, 0) is 11.6 Å². The minimum Gasteiger partial charge on any atom is -0.343 e. The molecule has 2 rings (SSSR count). The molecular formula is C9H13ClFN4+. The van der Waals surface area contributed by atoms with Gasteiger partial charge in [-0.2, -0.15) is 4.98 Å². The Balaban J connectivity index is 2.18. The summed E-state index contributed by atoms with van der Waals surface area (Å²) in [5, 5.41) is 0.0951. The minimum absolute atomic E-state index is 0.0951. The second kappa shape index (κ2) is 4.28. The number of hydrogen-bond acceptors (Lipinski definition) is 3. The zero-order valence-corrected chi connectivity index (χ0v) is 9.26. The highest BCUT2D eigenvalue weighted by molar-refractivity contribution is 6.28. The Morgan fingerprint density at radius 2 is 2.13 bits per heavy atom. The van der Waals surface area contributed by atoms with Crippen LogP contribution in [0.3, 0.4) is 0 Å². The molecule has 0 aromatic carbocycles. The maximum Gasteiger partial charge on any atom is 0.224 e. The lowest BCUT2D eigenvalue weighted by molar-refractivity contribution is -0.880. The van der Waals surface area contributed by atoms with E-state index in [1.165, 1.54) is 4.90 Å². The first-order valence-electron chi connectivity index (χ1n) is 4.91. The van der Waals surface area contributed by atoms with Crippen molar-refractivity contribution >= 4 is 17.4 Å². The molecule has 0 bridgehead atoms. The molecule has 82 valence electrons. The molecule has 4 nitrogen and oxygen atoms in total. The highest BCUT2D eigenvalue weighted by Gasteiger charge is 2.21.